The van der Waals surface area contributed by atoms with Crippen molar-refractivity contribution in [3.63, 3.8) is 0 Å². The highest BCUT2D eigenvalue weighted by molar-refractivity contribution is 6.30. The minimum Gasteiger partial charge on any atom is -0.495 e. The molecule has 1 unspecified atom stereocenters. The van der Waals surface area contributed by atoms with E-state index in [-0.39, 0.29) is 17.9 Å². The third-order valence-electron chi connectivity index (χ3n) is 4.73. The van der Waals surface area contributed by atoms with Crippen LogP contribution in [0.3, 0.4) is 0 Å². The van der Waals surface area contributed by atoms with Crippen LogP contribution in [0.5, 0.6) is 5.75 Å². The van der Waals surface area contributed by atoms with E-state index < -0.39 is 0 Å². The number of hydrogen-bond acceptors (Lipinski definition) is 4. The summed E-state index contributed by atoms with van der Waals surface area (Å²) in [4.78, 5) is 14.6. The molecule has 2 heterocycles. The van der Waals surface area contributed by atoms with Crippen LogP contribution in [-0.2, 0) is 4.79 Å². The lowest BCUT2D eigenvalue weighted by atomic mass is 9.97. The van der Waals surface area contributed by atoms with Gasteiger partial charge in [0.2, 0.25) is 5.91 Å². The average molecular weight is 338 g/mol. The van der Waals surface area contributed by atoms with Crippen molar-refractivity contribution in [2.45, 2.75) is 25.3 Å². The second-order valence-electron chi connectivity index (χ2n) is 6.28. The zero-order valence-electron chi connectivity index (χ0n) is 13.5. The number of amides is 1. The highest BCUT2D eigenvalue weighted by atomic mass is 35.5. The number of rotatable bonds is 4. The first kappa shape index (κ1) is 16.4. The Morgan fingerprint density at radius 1 is 1.35 bits per heavy atom. The van der Waals surface area contributed by atoms with Gasteiger partial charge < -0.3 is 20.3 Å². The third kappa shape index (κ3) is 3.90. The van der Waals surface area contributed by atoms with E-state index >= 15 is 0 Å². The van der Waals surface area contributed by atoms with E-state index in [4.69, 9.17) is 16.3 Å². The van der Waals surface area contributed by atoms with Crippen molar-refractivity contribution in [3.8, 4) is 5.75 Å². The Balaban J connectivity index is 1.60. The quantitative estimate of drug-likeness (QED) is 0.883. The van der Waals surface area contributed by atoms with Gasteiger partial charge in [0.25, 0.3) is 0 Å². The molecule has 126 valence electrons. The molecule has 23 heavy (non-hydrogen) atoms. The van der Waals surface area contributed by atoms with Crippen LogP contribution in [0.1, 0.15) is 19.3 Å². The highest BCUT2D eigenvalue weighted by Gasteiger charge is 2.28. The van der Waals surface area contributed by atoms with E-state index in [2.05, 4.69) is 15.5 Å². The predicted octanol–water partition coefficient (Wildman–Crippen LogP) is 2.04. The lowest BCUT2D eigenvalue weighted by molar-refractivity contribution is -0.126. The smallest absolute Gasteiger partial charge is 0.223 e. The highest BCUT2D eigenvalue weighted by Crippen LogP contribution is 2.33. The van der Waals surface area contributed by atoms with Gasteiger partial charge in [0, 0.05) is 30.1 Å². The first-order valence-corrected chi connectivity index (χ1v) is 8.64. The molecule has 6 heteroatoms. The summed E-state index contributed by atoms with van der Waals surface area (Å²) in [6.07, 6.45) is 2.82. The fourth-order valence-electron chi connectivity index (χ4n) is 3.41. The van der Waals surface area contributed by atoms with Crippen molar-refractivity contribution in [1.82, 2.24) is 10.6 Å². The van der Waals surface area contributed by atoms with Gasteiger partial charge in [-0.3, -0.25) is 4.79 Å². The Morgan fingerprint density at radius 2 is 2.13 bits per heavy atom. The number of carbonyl (C=O) groups is 1. The van der Waals surface area contributed by atoms with E-state index in [1.807, 2.05) is 18.2 Å². The van der Waals surface area contributed by atoms with Crippen molar-refractivity contribution in [2.75, 3.05) is 38.2 Å². The summed E-state index contributed by atoms with van der Waals surface area (Å²) in [6.45, 7) is 3.57. The molecule has 2 saturated heterocycles. The van der Waals surface area contributed by atoms with Gasteiger partial charge in [-0.25, -0.2) is 0 Å². The standard InChI is InChI=1S/C17H24ClN3O2/c1-23-16-3-2-13(18)10-15(16)21-9-6-14(11-21)20-17(22)12-4-7-19-8-5-12/h2-3,10,12,14,19H,4-9,11H2,1H3,(H,20,22). The van der Waals surface area contributed by atoms with E-state index in [1.54, 1.807) is 7.11 Å². The average Bonchev–Trinajstić information content (AvgIpc) is 3.04. The number of benzene rings is 1. The van der Waals surface area contributed by atoms with E-state index in [9.17, 15) is 4.79 Å². The molecule has 2 fully saturated rings. The molecule has 0 radical (unpaired) electrons. The van der Waals surface area contributed by atoms with Crippen molar-refractivity contribution in [2.24, 2.45) is 5.92 Å². The summed E-state index contributed by atoms with van der Waals surface area (Å²) >= 11 is 6.12. The van der Waals surface area contributed by atoms with E-state index in [0.29, 0.717) is 5.02 Å². The number of nitrogens with zero attached hydrogens (tertiary/aromatic N) is 1. The van der Waals surface area contributed by atoms with Crippen LogP contribution in [0.2, 0.25) is 5.02 Å². The van der Waals surface area contributed by atoms with Crippen molar-refractivity contribution >= 4 is 23.2 Å². The summed E-state index contributed by atoms with van der Waals surface area (Å²) in [7, 11) is 1.67. The summed E-state index contributed by atoms with van der Waals surface area (Å²) in [5, 5.41) is 7.21. The molecule has 0 bridgehead atoms. The zero-order chi connectivity index (χ0) is 16.2. The number of nitrogens with one attached hydrogen (secondary N) is 2. The zero-order valence-corrected chi connectivity index (χ0v) is 14.2. The largest absolute Gasteiger partial charge is 0.495 e. The van der Waals surface area contributed by atoms with Crippen molar-refractivity contribution in [3.05, 3.63) is 23.2 Å². The SMILES string of the molecule is COc1ccc(Cl)cc1N1CCC(NC(=O)C2CCNCC2)C1. The Kier molecular flexibility index (Phi) is 5.28. The van der Waals surface area contributed by atoms with Gasteiger partial charge in [-0.1, -0.05) is 11.6 Å². The van der Waals surface area contributed by atoms with Crippen molar-refractivity contribution < 1.29 is 9.53 Å². The topological polar surface area (TPSA) is 53.6 Å². The molecule has 2 N–H and O–H groups in total. The molecule has 1 aromatic carbocycles. The second-order valence-corrected chi connectivity index (χ2v) is 6.72. The number of anilines is 1. The molecule has 0 saturated carbocycles. The van der Waals surface area contributed by atoms with Gasteiger partial charge in [-0.15, -0.1) is 0 Å². The molecular formula is C17H24ClN3O2. The molecule has 1 amide bonds. The van der Waals surface area contributed by atoms with Crippen molar-refractivity contribution in [1.29, 1.82) is 0 Å². The molecule has 2 aliphatic heterocycles. The molecule has 2 aliphatic rings. The number of methoxy groups -OCH3 is 1. The van der Waals surface area contributed by atoms with Crippen LogP contribution < -0.4 is 20.3 Å². The maximum Gasteiger partial charge on any atom is 0.223 e. The molecule has 1 aromatic rings. The molecule has 5 nitrogen and oxygen atoms in total. The minimum atomic E-state index is 0.158. The lowest BCUT2D eigenvalue weighted by Crippen LogP contribution is -2.43. The number of hydrogen-bond donors (Lipinski definition) is 2. The Labute approximate surface area is 142 Å². The monoisotopic (exact) mass is 337 g/mol. The van der Waals surface area contributed by atoms with E-state index in [1.165, 1.54) is 0 Å². The Morgan fingerprint density at radius 3 is 2.87 bits per heavy atom. The van der Waals surface area contributed by atoms with Crippen LogP contribution in [0.4, 0.5) is 5.69 Å². The third-order valence-corrected chi connectivity index (χ3v) is 4.96. The normalized spacial score (nSPS) is 22.2. The first-order valence-electron chi connectivity index (χ1n) is 8.27. The number of carbonyl (C=O) groups excluding carboxylic acids is 1. The van der Waals surface area contributed by atoms with Crippen LogP contribution in [-0.4, -0.2) is 45.2 Å². The Hall–Kier alpha value is -1.46. The summed E-state index contributed by atoms with van der Waals surface area (Å²) in [5.41, 5.74) is 0.999. The summed E-state index contributed by atoms with van der Waals surface area (Å²) in [5.74, 6) is 1.18. The lowest BCUT2D eigenvalue weighted by Gasteiger charge is -2.24. The molecule has 0 aliphatic carbocycles. The first-order chi connectivity index (χ1) is 11.2. The molecular weight excluding hydrogens is 314 g/mol. The minimum absolute atomic E-state index is 0.158. The van der Waals surface area contributed by atoms with Crippen LogP contribution in [0.25, 0.3) is 0 Å². The van der Waals surface area contributed by atoms with Gasteiger partial charge in [-0.2, -0.15) is 0 Å². The van der Waals surface area contributed by atoms with Gasteiger partial charge in [-0.05, 0) is 50.6 Å². The Bertz CT molecular complexity index is 561. The fourth-order valence-corrected chi connectivity index (χ4v) is 3.58. The second kappa shape index (κ2) is 7.41. The maximum atomic E-state index is 12.4. The van der Waals surface area contributed by atoms with Gasteiger partial charge in [0.05, 0.1) is 12.8 Å². The van der Waals surface area contributed by atoms with Gasteiger partial charge >= 0.3 is 0 Å². The molecule has 1 atom stereocenters. The van der Waals surface area contributed by atoms with E-state index in [0.717, 1.165) is 56.9 Å². The number of ether oxygens (including phenoxy) is 1. The maximum absolute atomic E-state index is 12.4. The fraction of sp³-hybridized carbons (Fsp3) is 0.588. The predicted molar refractivity (Wildman–Crippen MR) is 92.4 cm³/mol. The number of halogens is 1. The number of piperidine rings is 1. The summed E-state index contributed by atoms with van der Waals surface area (Å²) < 4.78 is 5.43. The summed E-state index contributed by atoms with van der Waals surface area (Å²) in [6, 6.07) is 5.84. The van der Waals surface area contributed by atoms with Crippen LogP contribution in [0.15, 0.2) is 18.2 Å². The van der Waals surface area contributed by atoms with Crippen LogP contribution in [0, 0.1) is 5.92 Å². The molecule has 0 aromatic heterocycles. The van der Waals surface area contributed by atoms with Crippen LogP contribution >= 0.6 is 11.6 Å². The van der Waals surface area contributed by atoms with Gasteiger partial charge in [0.1, 0.15) is 5.75 Å². The molecule has 0 spiro atoms. The van der Waals surface area contributed by atoms with Gasteiger partial charge in [0.15, 0.2) is 0 Å². The molecule has 3 rings (SSSR count).